The van der Waals surface area contributed by atoms with E-state index in [-0.39, 0.29) is 17.7 Å². The number of hydrogen-bond acceptors (Lipinski definition) is 4. The number of hydrogen-bond donors (Lipinski definition) is 2. The van der Waals surface area contributed by atoms with Crippen molar-refractivity contribution in [3.8, 4) is 0 Å². The van der Waals surface area contributed by atoms with E-state index in [4.69, 9.17) is 4.74 Å². The molecule has 1 aromatic rings. The molecule has 126 valence electrons. The van der Waals surface area contributed by atoms with Crippen molar-refractivity contribution < 1.29 is 19.4 Å². The molecule has 2 N–H and O–H groups in total. The number of fused-ring (bicyclic) bond motifs is 3. The molecule has 1 amide bonds. The molecule has 1 aliphatic carbocycles. The van der Waals surface area contributed by atoms with E-state index in [0.29, 0.717) is 37.6 Å². The first-order valence-corrected chi connectivity index (χ1v) is 8.33. The van der Waals surface area contributed by atoms with Crippen molar-refractivity contribution in [2.45, 2.75) is 18.4 Å². The summed E-state index contributed by atoms with van der Waals surface area (Å²) < 4.78 is 5.31. The van der Waals surface area contributed by atoms with Crippen LogP contribution in [0.25, 0.3) is 0 Å². The minimum absolute atomic E-state index is 0.00346. The molecule has 0 radical (unpaired) electrons. The molecule has 0 spiro atoms. The Morgan fingerprint density at radius 2 is 2.04 bits per heavy atom. The number of carboxylic acids is 1. The van der Waals surface area contributed by atoms with Gasteiger partial charge in [-0.3, -0.25) is 4.79 Å². The van der Waals surface area contributed by atoms with Crippen molar-refractivity contribution in [2.24, 2.45) is 5.92 Å². The first-order chi connectivity index (χ1) is 11.7. The van der Waals surface area contributed by atoms with Crippen LogP contribution in [0.2, 0.25) is 0 Å². The number of para-hydroxylation sites is 1. The molecule has 2 aliphatic heterocycles. The van der Waals surface area contributed by atoms with Crippen molar-refractivity contribution in [3.63, 3.8) is 0 Å². The number of allylic oxidation sites excluding steroid dienone is 2. The number of ether oxygens (including phenoxy) is 1. The number of amides is 1. The van der Waals surface area contributed by atoms with Gasteiger partial charge in [0.1, 0.15) is 6.04 Å². The van der Waals surface area contributed by atoms with Crippen LogP contribution in [0.5, 0.6) is 0 Å². The molecule has 6 heteroatoms. The molecule has 1 saturated heterocycles. The number of rotatable bonds is 2. The van der Waals surface area contributed by atoms with Crippen LogP contribution >= 0.6 is 0 Å². The summed E-state index contributed by atoms with van der Waals surface area (Å²) >= 11 is 0. The summed E-state index contributed by atoms with van der Waals surface area (Å²) in [6.07, 6.45) is 4.86. The maximum Gasteiger partial charge on any atom is 0.326 e. The van der Waals surface area contributed by atoms with Gasteiger partial charge in [0.25, 0.3) is 5.91 Å². The van der Waals surface area contributed by atoms with Gasteiger partial charge >= 0.3 is 5.97 Å². The van der Waals surface area contributed by atoms with Crippen LogP contribution < -0.4 is 5.32 Å². The Kier molecular flexibility index (Phi) is 3.76. The number of carboxylic acid groups (broad SMARTS) is 1. The van der Waals surface area contributed by atoms with Crippen molar-refractivity contribution in [3.05, 3.63) is 41.5 Å². The van der Waals surface area contributed by atoms with Crippen LogP contribution in [0.15, 0.2) is 30.4 Å². The highest BCUT2D eigenvalue weighted by Gasteiger charge is 2.42. The second-order valence-electron chi connectivity index (χ2n) is 6.49. The first kappa shape index (κ1) is 15.2. The fourth-order valence-electron chi connectivity index (χ4n) is 3.98. The Morgan fingerprint density at radius 3 is 2.79 bits per heavy atom. The number of carbonyl (C=O) groups is 2. The predicted molar refractivity (Wildman–Crippen MR) is 88.2 cm³/mol. The van der Waals surface area contributed by atoms with Crippen molar-refractivity contribution in [1.29, 1.82) is 0 Å². The average Bonchev–Trinajstić information content (AvgIpc) is 3.10. The SMILES string of the molecule is O=C(O)[C@@H]1Nc2c(C(=O)N3CCOCC3)cccc2[C@@H]2C=CC[C@H]12. The second-order valence-corrected chi connectivity index (χ2v) is 6.49. The Bertz CT molecular complexity index is 709. The standard InChI is InChI=1S/C18H20N2O4/c21-17(20-7-9-24-10-8-20)14-6-2-4-12-11-3-1-5-13(11)16(18(22)23)19-15(12)14/h1-4,6,11,13,16,19H,5,7-10H2,(H,22,23)/t11-,13-,16+/m0/s1. The van der Waals surface area contributed by atoms with Gasteiger partial charge in [-0.25, -0.2) is 4.79 Å². The maximum absolute atomic E-state index is 12.9. The smallest absolute Gasteiger partial charge is 0.326 e. The maximum atomic E-state index is 12.9. The molecule has 2 heterocycles. The third kappa shape index (κ3) is 2.38. The number of aliphatic carboxylic acids is 1. The Labute approximate surface area is 140 Å². The van der Waals surface area contributed by atoms with E-state index in [1.54, 1.807) is 11.0 Å². The molecular weight excluding hydrogens is 308 g/mol. The third-order valence-electron chi connectivity index (χ3n) is 5.19. The second kappa shape index (κ2) is 5.94. The van der Waals surface area contributed by atoms with E-state index in [1.807, 2.05) is 18.2 Å². The van der Waals surface area contributed by atoms with Crippen LogP contribution in [0.3, 0.4) is 0 Å². The number of carbonyl (C=O) groups excluding carboxylic acids is 1. The number of anilines is 1. The Morgan fingerprint density at radius 1 is 1.25 bits per heavy atom. The fraction of sp³-hybridized carbons (Fsp3) is 0.444. The molecule has 0 unspecified atom stereocenters. The van der Waals surface area contributed by atoms with Gasteiger partial charge in [-0.1, -0.05) is 24.3 Å². The Balaban J connectivity index is 1.73. The topological polar surface area (TPSA) is 78.9 Å². The fourth-order valence-corrected chi connectivity index (χ4v) is 3.98. The molecule has 24 heavy (non-hydrogen) atoms. The van der Waals surface area contributed by atoms with E-state index >= 15 is 0 Å². The summed E-state index contributed by atoms with van der Waals surface area (Å²) in [5.41, 5.74) is 2.25. The zero-order chi connectivity index (χ0) is 16.7. The van der Waals surface area contributed by atoms with Crippen LogP contribution in [0, 0.1) is 5.92 Å². The minimum atomic E-state index is -0.868. The van der Waals surface area contributed by atoms with Gasteiger partial charge in [0.05, 0.1) is 24.5 Å². The number of morpholine rings is 1. The molecular formula is C18H20N2O4. The molecule has 0 aromatic heterocycles. The van der Waals surface area contributed by atoms with Crippen molar-refractivity contribution >= 4 is 17.6 Å². The number of benzene rings is 1. The van der Waals surface area contributed by atoms with Gasteiger partial charge in [-0.15, -0.1) is 0 Å². The molecule has 0 saturated carbocycles. The lowest BCUT2D eigenvalue weighted by Gasteiger charge is -2.36. The average molecular weight is 328 g/mol. The normalized spacial score (nSPS) is 28.0. The molecule has 3 aliphatic rings. The van der Waals surface area contributed by atoms with E-state index in [9.17, 15) is 14.7 Å². The highest BCUT2D eigenvalue weighted by Crippen LogP contribution is 2.45. The van der Waals surface area contributed by atoms with Gasteiger partial charge in [0.2, 0.25) is 0 Å². The summed E-state index contributed by atoms with van der Waals surface area (Å²) in [6.45, 7) is 2.21. The summed E-state index contributed by atoms with van der Waals surface area (Å²) in [7, 11) is 0. The van der Waals surface area contributed by atoms with Gasteiger partial charge < -0.3 is 20.1 Å². The van der Waals surface area contributed by atoms with E-state index in [1.165, 1.54) is 0 Å². The van der Waals surface area contributed by atoms with Crippen LogP contribution in [0.4, 0.5) is 5.69 Å². The summed E-state index contributed by atoms with van der Waals surface area (Å²) in [5.74, 6) is -0.872. The lowest BCUT2D eigenvalue weighted by Crippen LogP contribution is -2.44. The van der Waals surface area contributed by atoms with Crippen molar-refractivity contribution in [2.75, 3.05) is 31.6 Å². The van der Waals surface area contributed by atoms with Crippen LogP contribution in [0.1, 0.15) is 28.3 Å². The van der Waals surface area contributed by atoms with E-state index < -0.39 is 12.0 Å². The lowest BCUT2D eigenvalue weighted by atomic mass is 9.78. The van der Waals surface area contributed by atoms with Gasteiger partial charge in [-0.2, -0.15) is 0 Å². The predicted octanol–water partition coefficient (Wildman–Crippen LogP) is 1.70. The van der Waals surface area contributed by atoms with Gasteiger partial charge in [-0.05, 0) is 18.1 Å². The van der Waals surface area contributed by atoms with E-state index in [0.717, 1.165) is 12.0 Å². The van der Waals surface area contributed by atoms with Crippen LogP contribution in [-0.4, -0.2) is 54.2 Å². The Hall–Kier alpha value is -2.34. The zero-order valence-electron chi connectivity index (χ0n) is 13.3. The molecule has 1 aromatic carbocycles. The number of nitrogens with zero attached hydrogens (tertiary/aromatic N) is 1. The van der Waals surface area contributed by atoms with Crippen molar-refractivity contribution in [1.82, 2.24) is 4.90 Å². The summed E-state index contributed by atoms with van der Waals surface area (Å²) in [4.78, 5) is 26.4. The first-order valence-electron chi connectivity index (χ1n) is 8.33. The highest BCUT2D eigenvalue weighted by atomic mass is 16.5. The lowest BCUT2D eigenvalue weighted by molar-refractivity contribution is -0.139. The molecule has 6 nitrogen and oxygen atoms in total. The van der Waals surface area contributed by atoms with Gasteiger partial charge in [0, 0.05) is 24.9 Å². The molecule has 1 fully saturated rings. The zero-order valence-corrected chi connectivity index (χ0v) is 13.3. The van der Waals surface area contributed by atoms with E-state index in [2.05, 4.69) is 11.4 Å². The van der Waals surface area contributed by atoms with Gasteiger partial charge in [0.15, 0.2) is 0 Å². The minimum Gasteiger partial charge on any atom is -0.480 e. The van der Waals surface area contributed by atoms with Crippen LogP contribution in [-0.2, 0) is 9.53 Å². The molecule has 4 rings (SSSR count). The molecule has 0 bridgehead atoms. The summed E-state index contributed by atoms with van der Waals surface area (Å²) in [5, 5.41) is 12.7. The number of nitrogens with one attached hydrogen (secondary N) is 1. The largest absolute Gasteiger partial charge is 0.480 e. The monoisotopic (exact) mass is 328 g/mol. The quantitative estimate of drug-likeness (QED) is 0.808. The third-order valence-corrected chi connectivity index (χ3v) is 5.19. The molecule has 3 atom stereocenters. The summed E-state index contributed by atoms with van der Waals surface area (Å²) in [6, 6.07) is 4.99. The highest BCUT2D eigenvalue weighted by molar-refractivity contribution is 6.01.